The lowest BCUT2D eigenvalue weighted by atomic mass is 10.2. The molecule has 2 amide bonds. The standard InChI is InChI=1S/C16H18N2O4S/c1-22-16(21)11-2-4-12(5-3-11)18-14(19)10-13(15(18)20)17-6-8-23-9-7-17/h2-5,13H,6-10H2,1H3/p+1/t13-/m1/s1. The minimum absolute atomic E-state index is 0.136. The van der Waals surface area contributed by atoms with Gasteiger partial charge in [0.05, 0.1) is 37.9 Å². The summed E-state index contributed by atoms with van der Waals surface area (Å²) in [6.07, 6.45) is 0.261. The van der Waals surface area contributed by atoms with E-state index in [1.54, 1.807) is 24.3 Å². The van der Waals surface area contributed by atoms with Gasteiger partial charge in [0.1, 0.15) is 0 Å². The molecule has 0 unspecified atom stereocenters. The van der Waals surface area contributed by atoms with Crippen LogP contribution in [-0.4, -0.2) is 55.5 Å². The molecule has 1 aromatic rings. The molecule has 0 aliphatic carbocycles. The molecule has 0 bridgehead atoms. The summed E-state index contributed by atoms with van der Waals surface area (Å²) in [6, 6.07) is 6.10. The Kier molecular flexibility index (Phi) is 4.68. The molecule has 3 rings (SSSR count). The number of hydrogen-bond donors (Lipinski definition) is 1. The van der Waals surface area contributed by atoms with Crippen LogP contribution in [0, 0.1) is 0 Å². The Morgan fingerprint density at radius 3 is 2.48 bits per heavy atom. The summed E-state index contributed by atoms with van der Waals surface area (Å²) in [4.78, 5) is 38.9. The topological polar surface area (TPSA) is 68.1 Å². The number of nitrogens with zero attached hydrogens (tertiary/aromatic N) is 1. The fourth-order valence-electron chi connectivity index (χ4n) is 3.07. The normalized spacial score (nSPS) is 22.5. The van der Waals surface area contributed by atoms with Gasteiger partial charge < -0.3 is 9.64 Å². The van der Waals surface area contributed by atoms with Crippen molar-refractivity contribution in [1.29, 1.82) is 0 Å². The highest BCUT2D eigenvalue weighted by Gasteiger charge is 2.45. The Hall–Kier alpha value is -1.86. The van der Waals surface area contributed by atoms with Crippen molar-refractivity contribution < 1.29 is 24.0 Å². The van der Waals surface area contributed by atoms with Crippen LogP contribution in [0.3, 0.4) is 0 Å². The third kappa shape index (κ3) is 3.11. The lowest BCUT2D eigenvalue weighted by molar-refractivity contribution is -0.911. The summed E-state index contributed by atoms with van der Waals surface area (Å²) in [6.45, 7) is 1.84. The third-order valence-electron chi connectivity index (χ3n) is 4.32. The highest BCUT2D eigenvalue weighted by molar-refractivity contribution is 7.99. The number of carbonyl (C=O) groups excluding carboxylic acids is 3. The summed E-state index contributed by atoms with van der Waals surface area (Å²) >= 11 is 1.89. The number of rotatable bonds is 3. The SMILES string of the molecule is COC(=O)c1ccc(N2C(=O)C[C@@H]([NH+]3CCSCC3)C2=O)cc1. The van der Waals surface area contributed by atoms with Crippen LogP contribution in [0.5, 0.6) is 0 Å². The third-order valence-corrected chi connectivity index (χ3v) is 5.31. The zero-order valence-corrected chi connectivity index (χ0v) is 13.7. The largest absolute Gasteiger partial charge is 0.465 e. The molecule has 2 aliphatic rings. The van der Waals surface area contributed by atoms with Crippen LogP contribution in [0.1, 0.15) is 16.8 Å². The van der Waals surface area contributed by atoms with Gasteiger partial charge in [-0.25, -0.2) is 9.69 Å². The van der Waals surface area contributed by atoms with Crippen molar-refractivity contribution in [3.63, 3.8) is 0 Å². The first-order chi connectivity index (χ1) is 11.1. The maximum absolute atomic E-state index is 12.7. The highest BCUT2D eigenvalue weighted by Crippen LogP contribution is 2.23. The monoisotopic (exact) mass is 335 g/mol. The first kappa shape index (κ1) is 16.0. The van der Waals surface area contributed by atoms with E-state index in [0.717, 1.165) is 24.6 Å². The fraction of sp³-hybridized carbons (Fsp3) is 0.438. The second-order valence-electron chi connectivity index (χ2n) is 5.63. The second-order valence-corrected chi connectivity index (χ2v) is 6.86. The van der Waals surface area contributed by atoms with Gasteiger partial charge >= 0.3 is 5.97 Å². The molecule has 0 saturated carbocycles. The van der Waals surface area contributed by atoms with Gasteiger partial charge in [-0.05, 0) is 24.3 Å². The zero-order valence-electron chi connectivity index (χ0n) is 12.9. The van der Waals surface area contributed by atoms with Gasteiger partial charge in [-0.2, -0.15) is 11.8 Å². The molecule has 122 valence electrons. The van der Waals surface area contributed by atoms with Gasteiger partial charge in [0.25, 0.3) is 5.91 Å². The Balaban J connectivity index is 1.78. The second kappa shape index (κ2) is 6.72. The molecular formula is C16H19N2O4S+. The average Bonchev–Trinajstić information content (AvgIpc) is 2.89. The molecular weight excluding hydrogens is 316 g/mol. The number of hydrogen-bond acceptors (Lipinski definition) is 5. The average molecular weight is 335 g/mol. The van der Waals surface area contributed by atoms with Crippen molar-refractivity contribution in [2.75, 3.05) is 36.6 Å². The molecule has 23 heavy (non-hydrogen) atoms. The zero-order chi connectivity index (χ0) is 16.4. The van der Waals surface area contributed by atoms with E-state index in [1.807, 2.05) is 11.8 Å². The first-order valence-corrected chi connectivity index (χ1v) is 8.75. The number of benzene rings is 1. The lowest BCUT2D eigenvalue weighted by Gasteiger charge is -2.27. The maximum atomic E-state index is 12.7. The van der Waals surface area contributed by atoms with E-state index in [4.69, 9.17) is 0 Å². The quantitative estimate of drug-likeness (QED) is 0.609. The molecule has 1 aromatic carbocycles. The number of thioether (sulfide) groups is 1. The van der Waals surface area contributed by atoms with Crippen LogP contribution in [0.15, 0.2) is 24.3 Å². The van der Waals surface area contributed by atoms with Crippen LogP contribution in [0.4, 0.5) is 5.69 Å². The first-order valence-electron chi connectivity index (χ1n) is 7.59. The number of ether oxygens (including phenoxy) is 1. The number of esters is 1. The molecule has 2 heterocycles. The molecule has 0 aromatic heterocycles. The molecule has 1 atom stereocenters. The number of quaternary nitrogens is 1. The number of carbonyl (C=O) groups is 3. The van der Waals surface area contributed by atoms with Crippen LogP contribution in [-0.2, 0) is 14.3 Å². The summed E-state index contributed by atoms with van der Waals surface area (Å²) in [5.41, 5.74) is 0.909. The van der Waals surface area contributed by atoms with Gasteiger partial charge in [-0.3, -0.25) is 9.59 Å². The van der Waals surface area contributed by atoms with Crippen LogP contribution >= 0.6 is 11.8 Å². The molecule has 2 aliphatic heterocycles. The van der Waals surface area contributed by atoms with Crippen molar-refractivity contribution in [2.24, 2.45) is 0 Å². The molecule has 2 saturated heterocycles. The Labute approximate surface area is 138 Å². The molecule has 7 heteroatoms. The summed E-state index contributed by atoms with van der Waals surface area (Å²) in [7, 11) is 1.31. The van der Waals surface area contributed by atoms with Gasteiger partial charge in [-0.15, -0.1) is 0 Å². The van der Waals surface area contributed by atoms with Crippen LogP contribution < -0.4 is 9.80 Å². The lowest BCUT2D eigenvalue weighted by Crippen LogP contribution is -3.18. The van der Waals surface area contributed by atoms with Gasteiger partial charge in [0.15, 0.2) is 6.04 Å². The number of nitrogens with one attached hydrogen (secondary N) is 1. The van der Waals surface area contributed by atoms with Gasteiger partial charge in [0.2, 0.25) is 5.91 Å². The van der Waals surface area contributed by atoms with Crippen molar-refractivity contribution in [3.8, 4) is 0 Å². The van der Waals surface area contributed by atoms with E-state index in [0.29, 0.717) is 11.3 Å². The van der Waals surface area contributed by atoms with Crippen molar-refractivity contribution in [3.05, 3.63) is 29.8 Å². The summed E-state index contributed by atoms with van der Waals surface area (Å²) in [5.74, 6) is 1.31. The van der Waals surface area contributed by atoms with Gasteiger partial charge in [-0.1, -0.05) is 0 Å². The molecule has 1 N–H and O–H groups in total. The minimum Gasteiger partial charge on any atom is -0.465 e. The Morgan fingerprint density at radius 2 is 1.87 bits per heavy atom. The predicted octanol–water partition coefficient (Wildman–Crippen LogP) is -0.263. The molecule has 6 nitrogen and oxygen atoms in total. The van der Waals surface area contributed by atoms with Gasteiger partial charge in [0, 0.05) is 11.5 Å². The van der Waals surface area contributed by atoms with E-state index < -0.39 is 5.97 Å². The van der Waals surface area contributed by atoms with E-state index >= 15 is 0 Å². The molecule has 0 radical (unpaired) electrons. The van der Waals surface area contributed by atoms with E-state index in [1.165, 1.54) is 16.9 Å². The van der Waals surface area contributed by atoms with Crippen molar-refractivity contribution in [1.82, 2.24) is 0 Å². The van der Waals surface area contributed by atoms with Crippen molar-refractivity contribution in [2.45, 2.75) is 12.5 Å². The van der Waals surface area contributed by atoms with Crippen LogP contribution in [0.25, 0.3) is 0 Å². The number of amides is 2. The number of anilines is 1. The highest BCUT2D eigenvalue weighted by atomic mass is 32.2. The van der Waals surface area contributed by atoms with E-state index in [9.17, 15) is 14.4 Å². The smallest absolute Gasteiger partial charge is 0.337 e. The summed E-state index contributed by atoms with van der Waals surface area (Å²) < 4.78 is 4.65. The van der Waals surface area contributed by atoms with E-state index in [2.05, 4.69) is 4.74 Å². The fourth-order valence-corrected chi connectivity index (χ4v) is 4.09. The van der Waals surface area contributed by atoms with E-state index in [-0.39, 0.29) is 24.3 Å². The van der Waals surface area contributed by atoms with Crippen molar-refractivity contribution >= 4 is 35.2 Å². The predicted molar refractivity (Wildman–Crippen MR) is 86.7 cm³/mol. The number of imide groups is 1. The Bertz CT molecular complexity index is 625. The summed E-state index contributed by atoms with van der Waals surface area (Å²) in [5, 5.41) is 0. The Morgan fingerprint density at radius 1 is 1.22 bits per heavy atom. The molecule has 2 fully saturated rings. The maximum Gasteiger partial charge on any atom is 0.337 e. The minimum atomic E-state index is -0.441. The van der Waals surface area contributed by atoms with Crippen LogP contribution in [0.2, 0.25) is 0 Å². The number of methoxy groups -OCH3 is 1. The molecule has 0 spiro atoms.